The molecule has 0 bridgehead atoms. The molecule has 10 heteroatoms. The van der Waals surface area contributed by atoms with Crippen molar-refractivity contribution in [3.8, 4) is 0 Å². The maximum absolute atomic E-state index is 13.0. The highest BCUT2D eigenvalue weighted by Gasteiger charge is 2.27. The van der Waals surface area contributed by atoms with Crippen molar-refractivity contribution < 1.29 is 23.2 Å². The monoisotopic (exact) mass is 419 g/mol. The van der Waals surface area contributed by atoms with Crippen LogP contribution in [0.2, 0.25) is 0 Å². The van der Waals surface area contributed by atoms with Crippen LogP contribution in [0.5, 0.6) is 0 Å². The van der Waals surface area contributed by atoms with E-state index in [-0.39, 0.29) is 18.8 Å². The van der Waals surface area contributed by atoms with Gasteiger partial charge in [-0.1, -0.05) is 18.2 Å². The van der Waals surface area contributed by atoms with E-state index in [9.17, 15) is 14.4 Å². The normalized spacial score (nSPS) is 14.5. The number of para-hydroxylation sites is 1. The molecule has 2 unspecified atom stereocenters. The van der Waals surface area contributed by atoms with Crippen LogP contribution in [-0.2, 0) is 25.5 Å². The number of carbonyl (C=O) groups is 3. The Hall–Kier alpha value is -3.56. The van der Waals surface area contributed by atoms with Gasteiger partial charge in [-0.2, -0.15) is 0 Å². The Morgan fingerprint density at radius 3 is 2.73 bits per heavy atom. The van der Waals surface area contributed by atoms with Gasteiger partial charge in [0.25, 0.3) is 0 Å². The second-order valence-electron chi connectivity index (χ2n) is 6.66. The fraction of sp³-hybridized carbons (Fsp3) is 0.400. The first-order valence-electron chi connectivity index (χ1n) is 10.8. The Kier molecular flexibility index (Phi) is 6.67. The lowest BCUT2D eigenvalue weighted by Crippen LogP contribution is -2.52. The number of aromatic amines is 1. The summed E-state index contributed by atoms with van der Waals surface area (Å²) in [7, 11) is 1.18. The molecule has 0 saturated heterocycles. The maximum atomic E-state index is 13.0. The fourth-order valence-electron chi connectivity index (χ4n) is 3.08. The second kappa shape index (κ2) is 10.8. The van der Waals surface area contributed by atoms with E-state index in [2.05, 4.69) is 20.9 Å². The van der Waals surface area contributed by atoms with Crippen LogP contribution in [-0.4, -0.2) is 54.5 Å². The molecule has 1 heterocycles. The molecule has 1 aromatic carbocycles. The van der Waals surface area contributed by atoms with Gasteiger partial charge in [-0.05, 0) is 24.5 Å². The Balaban J connectivity index is 2.20. The number of hydrogen-bond donors (Lipinski definition) is 6. The van der Waals surface area contributed by atoms with E-state index in [4.69, 9.17) is 20.0 Å². The Morgan fingerprint density at radius 1 is 1.27 bits per heavy atom. The van der Waals surface area contributed by atoms with E-state index in [0.29, 0.717) is 18.5 Å². The van der Waals surface area contributed by atoms with Crippen molar-refractivity contribution in [2.45, 2.75) is 38.2 Å². The van der Waals surface area contributed by atoms with Gasteiger partial charge in [-0.15, -0.1) is 0 Å². The summed E-state index contributed by atoms with van der Waals surface area (Å²) in [4.78, 5) is 40.4. The lowest BCUT2D eigenvalue weighted by atomic mass is 10.0. The first-order valence-corrected chi connectivity index (χ1v) is 9.35. The van der Waals surface area contributed by atoms with Crippen molar-refractivity contribution in [2.75, 3.05) is 13.7 Å². The van der Waals surface area contributed by atoms with Gasteiger partial charge >= 0.3 is 5.97 Å². The van der Waals surface area contributed by atoms with E-state index in [1.54, 1.807) is 6.20 Å². The number of ether oxygens (including phenoxy) is 1. The minimum atomic E-state index is -2.95. The van der Waals surface area contributed by atoms with Gasteiger partial charge in [-0.25, -0.2) is 4.79 Å². The van der Waals surface area contributed by atoms with Crippen LogP contribution in [0.4, 0.5) is 0 Å². The van der Waals surface area contributed by atoms with Crippen molar-refractivity contribution in [3.05, 3.63) is 36.0 Å². The largest absolute Gasteiger partial charge is 0.467 e. The quantitative estimate of drug-likeness (QED) is 0.139. The lowest BCUT2D eigenvalue weighted by Gasteiger charge is -2.22. The molecule has 0 radical (unpaired) electrons. The van der Waals surface area contributed by atoms with E-state index >= 15 is 0 Å². The number of amides is 2. The third-order valence-electron chi connectivity index (χ3n) is 4.51. The van der Waals surface area contributed by atoms with Gasteiger partial charge < -0.3 is 31.4 Å². The van der Waals surface area contributed by atoms with Crippen LogP contribution in [0.3, 0.4) is 0 Å². The molecule has 1 aromatic heterocycles. The number of guanidine groups is 1. The third-order valence-corrected chi connectivity index (χ3v) is 4.51. The second-order valence-corrected chi connectivity index (χ2v) is 6.66. The minimum Gasteiger partial charge on any atom is -0.467 e. The number of methoxy groups -OCH3 is 1. The minimum absolute atomic E-state index is 0.00253. The fourth-order valence-corrected chi connectivity index (χ4v) is 3.08. The van der Waals surface area contributed by atoms with Crippen LogP contribution in [0.1, 0.15) is 29.4 Å². The van der Waals surface area contributed by atoms with E-state index in [1.165, 1.54) is 7.11 Å². The number of nitrogens with one attached hydrogen (secondary N) is 5. The van der Waals surface area contributed by atoms with Crippen molar-refractivity contribution in [3.63, 3.8) is 0 Å². The molecule has 30 heavy (non-hydrogen) atoms. The molecule has 0 aliphatic rings. The molecule has 0 spiro atoms. The van der Waals surface area contributed by atoms with Gasteiger partial charge in [0.05, 0.1) is 7.11 Å². The number of rotatable bonds is 10. The number of carbonyl (C=O) groups excluding carboxylic acids is 3. The van der Waals surface area contributed by atoms with Crippen LogP contribution >= 0.6 is 0 Å². The molecule has 0 fully saturated rings. The summed E-state index contributed by atoms with van der Waals surface area (Å²) in [5, 5.41) is 15.4. The SMILES string of the molecule is [2H]C([2H])([2H])C(=O)NC(Cc1c[nH]c2ccccc12)C(=O)NC(CCCNC(=N)N)C(=O)OC. The molecule has 2 aromatic rings. The number of nitrogens with two attached hydrogens (primary N) is 1. The molecule has 162 valence electrons. The van der Waals surface area contributed by atoms with Gasteiger partial charge in [-0.3, -0.25) is 15.0 Å². The first kappa shape index (κ1) is 18.5. The highest BCUT2D eigenvalue weighted by atomic mass is 16.5. The van der Waals surface area contributed by atoms with Gasteiger partial charge in [0.1, 0.15) is 12.1 Å². The Morgan fingerprint density at radius 2 is 2.03 bits per heavy atom. The predicted molar refractivity (Wildman–Crippen MR) is 113 cm³/mol. The molecular weight excluding hydrogens is 388 g/mol. The summed E-state index contributed by atoms with van der Waals surface area (Å²) >= 11 is 0. The highest BCUT2D eigenvalue weighted by Crippen LogP contribution is 2.19. The smallest absolute Gasteiger partial charge is 0.328 e. The lowest BCUT2D eigenvalue weighted by molar-refractivity contribution is -0.145. The zero-order chi connectivity index (χ0) is 24.6. The molecular formula is C20H28N6O4. The third kappa shape index (κ3) is 6.50. The van der Waals surface area contributed by atoms with E-state index in [0.717, 1.165) is 10.9 Å². The van der Waals surface area contributed by atoms with Crippen LogP contribution in [0.15, 0.2) is 30.5 Å². The topological polar surface area (TPSA) is 162 Å². The van der Waals surface area contributed by atoms with Crippen LogP contribution in [0, 0.1) is 5.41 Å². The molecule has 0 saturated carbocycles. The molecule has 0 aliphatic heterocycles. The predicted octanol–water partition coefficient (Wildman–Crippen LogP) is 0.136. The molecule has 2 amide bonds. The molecule has 7 N–H and O–H groups in total. The number of esters is 1. The molecule has 0 aliphatic carbocycles. The average Bonchev–Trinajstić information content (AvgIpc) is 3.16. The highest BCUT2D eigenvalue weighted by molar-refractivity contribution is 5.91. The summed E-state index contributed by atoms with van der Waals surface area (Å²) in [6.45, 7) is -2.65. The summed E-state index contributed by atoms with van der Waals surface area (Å²) in [5.41, 5.74) is 6.73. The maximum Gasteiger partial charge on any atom is 0.328 e. The average molecular weight is 420 g/mol. The van der Waals surface area contributed by atoms with Crippen molar-refractivity contribution in [2.24, 2.45) is 5.73 Å². The van der Waals surface area contributed by atoms with Crippen molar-refractivity contribution in [1.29, 1.82) is 5.41 Å². The first-order chi connectivity index (χ1) is 15.5. The van der Waals surface area contributed by atoms with Gasteiger partial charge in [0.15, 0.2) is 5.96 Å². The van der Waals surface area contributed by atoms with E-state index in [1.807, 2.05) is 24.3 Å². The van der Waals surface area contributed by atoms with E-state index < -0.39 is 36.7 Å². The molecule has 2 atom stereocenters. The van der Waals surface area contributed by atoms with Gasteiger partial charge in [0.2, 0.25) is 11.8 Å². The Bertz CT molecular complexity index is 1010. The number of benzene rings is 1. The molecule has 10 nitrogen and oxygen atoms in total. The summed E-state index contributed by atoms with van der Waals surface area (Å²) in [6, 6.07) is 5.05. The number of hydrogen-bond acceptors (Lipinski definition) is 5. The summed E-state index contributed by atoms with van der Waals surface area (Å²) in [6.07, 6.45) is 2.23. The summed E-state index contributed by atoms with van der Waals surface area (Å²) < 4.78 is 26.7. The summed E-state index contributed by atoms with van der Waals surface area (Å²) in [5.74, 6) is -2.92. The Labute approximate surface area is 178 Å². The zero-order valence-corrected chi connectivity index (χ0v) is 16.6. The van der Waals surface area contributed by atoms with Crippen molar-refractivity contribution >= 4 is 34.6 Å². The number of H-pyrrole nitrogens is 1. The zero-order valence-electron chi connectivity index (χ0n) is 19.6. The van der Waals surface area contributed by atoms with Crippen LogP contribution < -0.4 is 21.7 Å². The van der Waals surface area contributed by atoms with Crippen molar-refractivity contribution in [1.82, 2.24) is 20.9 Å². The standard InChI is InChI=1S/C20H28N6O4/c1-12(27)25-17(10-13-11-24-15-7-4-3-6-14(13)15)18(28)26-16(19(29)30-2)8-5-9-23-20(21)22/h3-4,6-7,11,16-17,24H,5,8-10H2,1-2H3,(H,25,27)(H,26,28)(H4,21,22,23)/i1D3. The van der Waals surface area contributed by atoms with Crippen LogP contribution in [0.25, 0.3) is 10.9 Å². The number of aromatic nitrogens is 1. The number of fused-ring (bicyclic) bond motifs is 1. The van der Waals surface area contributed by atoms with Gasteiger partial charge in [0, 0.05) is 41.0 Å². The molecule has 2 rings (SSSR count).